The molecule has 0 amide bonds. The normalized spacial score (nSPS) is 13.1. The van der Waals surface area contributed by atoms with Crippen LogP contribution in [0.3, 0.4) is 0 Å². The molecule has 7 aromatic carbocycles. The monoisotopic (exact) mass is 1180 g/mol. The van der Waals surface area contributed by atoms with Crippen molar-refractivity contribution in [3.05, 3.63) is 217 Å². The van der Waals surface area contributed by atoms with Crippen LogP contribution in [0.5, 0.6) is 11.5 Å². The average molecular weight is 1180 g/mol. The molecule has 0 saturated carbocycles. The van der Waals surface area contributed by atoms with E-state index in [1.807, 2.05) is 18.3 Å². The quantitative estimate of drug-likeness (QED) is 0.128. The Bertz CT molecular complexity index is 3540. The molecule has 0 atom stereocenters. The van der Waals surface area contributed by atoms with Gasteiger partial charge in [-0.15, -0.1) is 48.1 Å². The summed E-state index contributed by atoms with van der Waals surface area (Å²) in [6.45, 7) is 36.6. The van der Waals surface area contributed by atoms with Crippen LogP contribution in [0.25, 0.3) is 38.8 Å². The Labute approximate surface area is 469 Å². The number of anilines is 4. The first-order chi connectivity index (χ1) is 35.0. The van der Waals surface area contributed by atoms with Crippen LogP contribution in [-0.4, -0.2) is 9.55 Å². The number of hydrogen-bond acceptors (Lipinski definition) is 4. The molecule has 0 saturated heterocycles. The van der Waals surface area contributed by atoms with Gasteiger partial charge in [-0.25, -0.2) is 4.98 Å². The minimum atomic E-state index is -0.243. The van der Waals surface area contributed by atoms with E-state index < -0.39 is 0 Å². The van der Waals surface area contributed by atoms with Gasteiger partial charge in [0.2, 0.25) is 0 Å². The van der Waals surface area contributed by atoms with Crippen molar-refractivity contribution in [3.8, 4) is 28.4 Å². The van der Waals surface area contributed by atoms with Gasteiger partial charge < -0.3 is 26.5 Å². The number of hydrogen-bond donors (Lipinski definition) is 0. The fraction of sp³-hybridized carbons (Fsp3) is 0.300. The fourth-order valence-electron chi connectivity index (χ4n) is 10.6. The van der Waals surface area contributed by atoms with E-state index in [4.69, 9.17) is 9.72 Å². The minimum absolute atomic E-state index is 0. The van der Waals surface area contributed by atoms with Crippen molar-refractivity contribution in [1.82, 2.24) is 9.55 Å². The van der Waals surface area contributed by atoms with E-state index >= 15 is 0 Å². The van der Waals surface area contributed by atoms with Crippen LogP contribution < -0.4 is 14.5 Å². The Hall–Kier alpha value is -6.42. The van der Waals surface area contributed by atoms with Gasteiger partial charge in [-0.2, -0.15) is 12.1 Å². The summed E-state index contributed by atoms with van der Waals surface area (Å²) in [4.78, 5) is 9.62. The Morgan fingerprint density at radius 1 is 0.513 bits per heavy atom. The summed E-state index contributed by atoms with van der Waals surface area (Å²) in [6, 6.07) is 60.9. The molecule has 0 spiro atoms. The molecule has 0 fully saturated rings. The van der Waals surface area contributed by atoms with Crippen molar-refractivity contribution in [1.29, 1.82) is 0 Å². The summed E-state index contributed by atoms with van der Waals surface area (Å²) >= 11 is 0. The van der Waals surface area contributed by atoms with Gasteiger partial charge >= 0.3 is 21.1 Å². The summed E-state index contributed by atoms with van der Waals surface area (Å²) < 4.78 is 9.10. The number of nitrogens with zero attached hydrogens (tertiary/aromatic N) is 4. The molecule has 6 heteroatoms. The smallest absolute Gasteiger partial charge is 0.509 e. The van der Waals surface area contributed by atoms with Gasteiger partial charge in [0, 0.05) is 45.7 Å². The Kier molecular flexibility index (Phi) is 15.3. The van der Waals surface area contributed by atoms with Gasteiger partial charge in [-0.3, -0.25) is 0 Å². The molecule has 0 radical (unpaired) electrons. The third kappa shape index (κ3) is 10.5. The molecule has 392 valence electrons. The minimum Gasteiger partial charge on any atom is -0.509 e. The van der Waals surface area contributed by atoms with Crippen molar-refractivity contribution in [2.24, 2.45) is 0 Å². The Morgan fingerprint density at radius 2 is 1.14 bits per heavy atom. The number of fused-ring (bicyclic) bond motifs is 4. The van der Waals surface area contributed by atoms with E-state index in [-0.39, 0.29) is 50.2 Å². The van der Waals surface area contributed by atoms with Crippen LogP contribution in [0.15, 0.2) is 152 Å². The zero-order chi connectivity index (χ0) is 52.6. The number of pyridine rings is 1. The average Bonchev–Trinajstić information content (AvgIpc) is 3.91. The van der Waals surface area contributed by atoms with Crippen LogP contribution in [0.1, 0.15) is 155 Å². The van der Waals surface area contributed by atoms with Crippen LogP contribution in [-0.2, 0) is 42.7 Å². The predicted octanol–water partition coefficient (Wildman–Crippen LogP) is 19.6. The van der Waals surface area contributed by atoms with E-state index in [0.717, 1.165) is 45.0 Å². The number of rotatable bonds is 10. The van der Waals surface area contributed by atoms with Gasteiger partial charge in [0.25, 0.3) is 0 Å². The van der Waals surface area contributed by atoms with Crippen LogP contribution in [0.4, 0.5) is 22.7 Å². The molecule has 9 aromatic rings. The summed E-state index contributed by atoms with van der Waals surface area (Å²) in [6.07, 6.45) is 1.92. The van der Waals surface area contributed by atoms with Crippen LogP contribution >= 0.6 is 0 Å². The summed E-state index contributed by atoms with van der Waals surface area (Å²) in [7, 11) is 0. The van der Waals surface area contributed by atoms with E-state index in [2.05, 4.69) is 270 Å². The second kappa shape index (κ2) is 20.8. The zero-order valence-corrected chi connectivity index (χ0v) is 50.0. The Morgan fingerprint density at radius 3 is 1.80 bits per heavy atom. The standard InChI is InChI=1S/C69H73N4O.CH3.Pt/c1-44(2)56-25-20-26-57(45(3)4)65(56)46-27-31-61-63(35-46)71(43-72(61)53-37-50(68(11,12)13)36-51(38-53)69(14,15)47-21-17-16-18-22-47)52-23-19-24-54(41-52)74-55-29-30-58-59-39-48(66(5,6)7)28-32-60(59)73(62(58)42-55)64-40-49(33-34-70-64)67(8,9)10;;/h16-40,43-45H,1-15H3;1H3;/q-3;-1;+4. The molecule has 1 aliphatic rings. The molecule has 5 nitrogen and oxygen atoms in total. The molecular weight excluding hydrogens is 1110 g/mol. The molecule has 10 rings (SSSR count). The first-order valence-electron chi connectivity index (χ1n) is 26.6. The number of aromatic nitrogens is 2. The predicted molar refractivity (Wildman–Crippen MR) is 319 cm³/mol. The second-order valence-electron chi connectivity index (χ2n) is 24.7. The van der Waals surface area contributed by atoms with E-state index in [9.17, 15) is 0 Å². The second-order valence-corrected chi connectivity index (χ2v) is 24.7. The van der Waals surface area contributed by atoms with Crippen LogP contribution in [0, 0.1) is 26.2 Å². The van der Waals surface area contributed by atoms with Crippen LogP contribution in [0.2, 0.25) is 0 Å². The van der Waals surface area contributed by atoms with E-state index in [1.165, 1.54) is 55.5 Å². The molecular formula is C70H76N4OPt. The van der Waals surface area contributed by atoms with Crippen molar-refractivity contribution < 1.29 is 25.8 Å². The SMILES string of the molecule is CC(C)c1cccc(C(C)C)c1-c1ccc2c(c1)N(c1[c-]c(Oc3[c-]c4c(cc3)c3cc(C(C)(C)C)ccc3n4-c3cc(C(C)(C)C)ccn3)ccc1)[CH-]N2c1cc(C(C)(C)C)cc(C(C)(C)c2ccccc2)c1.[CH3-].[Pt+4]. The van der Waals surface area contributed by atoms with Gasteiger partial charge in [0.1, 0.15) is 5.82 Å². The molecule has 3 heterocycles. The van der Waals surface area contributed by atoms with E-state index in [0.29, 0.717) is 23.3 Å². The molecule has 0 bridgehead atoms. The third-order valence-electron chi connectivity index (χ3n) is 15.3. The third-order valence-corrected chi connectivity index (χ3v) is 15.3. The number of ether oxygens (including phenoxy) is 1. The van der Waals surface area contributed by atoms with Gasteiger partial charge in [0.15, 0.2) is 0 Å². The molecule has 2 aromatic heterocycles. The van der Waals surface area contributed by atoms with E-state index in [1.54, 1.807) is 0 Å². The maximum Gasteiger partial charge on any atom is 4.00 e. The maximum absolute atomic E-state index is 6.86. The first-order valence-corrected chi connectivity index (χ1v) is 26.6. The topological polar surface area (TPSA) is 33.5 Å². The molecule has 0 aliphatic carbocycles. The molecule has 76 heavy (non-hydrogen) atoms. The van der Waals surface area contributed by atoms with Crippen molar-refractivity contribution in [2.45, 2.75) is 137 Å². The largest absolute Gasteiger partial charge is 4.00 e. The summed E-state index contributed by atoms with van der Waals surface area (Å²) in [5.74, 6) is 2.77. The van der Waals surface area contributed by atoms with Gasteiger partial charge in [0.05, 0.1) is 0 Å². The summed E-state index contributed by atoms with van der Waals surface area (Å²) in [5, 5.41) is 2.27. The van der Waals surface area contributed by atoms with Crippen molar-refractivity contribution in [2.75, 3.05) is 9.80 Å². The molecule has 0 unspecified atom stereocenters. The van der Waals surface area contributed by atoms with Crippen molar-refractivity contribution in [3.63, 3.8) is 0 Å². The first kappa shape index (κ1) is 55.8. The summed E-state index contributed by atoms with van der Waals surface area (Å²) in [5.41, 5.74) is 17.3. The van der Waals surface area contributed by atoms with Gasteiger partial charge in [-0.05, 0) is 126 Å². The number of benzene rings is 7. The van der Waals surface area contributed by atoms with Gasteiger partial charge in [-0.1, -0.05) is 182 Å². The Balaban J connectivity index is 0.00000383. The fourth-order valence-corrected chi connectivity index (χ4v) is 10.6. The maximum atomic E-state index is 6.86. The zero-order valence-electron chi connectivity index (χ0n) is 47.7. The molecule has 1 aliphatic heterocycles. The van der Waals surface area contributed by atoms with Crippen molar-refractivity contribution >= 4 is 44.6 Å². The molecule has 0 N–H and O–H groups in total.